The number of alkyl halides is 3. The molecule has 0 saturated carbocycles. The minimum absolute atomic E-state index is 0.0188. The highest BCUT2D eigenvalue weighted by atomic mass is 19.4. The summed E-state index contributed by atoms with van der Waals surface area (Å²) >= 11 is 0. The zero-order valence-corrected chi connectivity index (χ0v) is 18.7. The molecule has 0 amide bonds. The van der Waals surface area contributed by atoms with Crippen LogP contribution >= 0.6 is 0 Å². The molecule has 5 rings (SSSR count). The van der Waals surface area contributed by atoms with E-state index in [2.05, 4.69) is 25.0 Å². The molecule has 12 heteroatoms. The van der Waals surface area contributed by atoms with Gasteiger partial charge in [-0.15, -0.1) is 13.2 Å². The molecule has 2 aromatic carbocycles. The molecular weight excluding hydrogens is 477 g/mol. The average molecular weight is 496 g/mol. The van der Waals surface area contributed by atoms with Crippen LogP contribution in [0, 0.1) is 0 Å². The Hall–Kier alpha value is -4.48. The van der Waals surface area contributed by atoms with Gasteiger partial charge in [0.1, 0.15) is 11.4 Å². The number of aromatic nitrogens is 6. The Morgan fingerprint density at radius 1 is 1.08 bits per heavy atom. The lowest BCUT2D eigenvalue weighted by atomic mass is 10.1. The number of hydrogen-bond donors (Lipinski definition) is 0. The molecule has 0 spiro atoms. The SMILES string of the molecule is O=C(CCc1noc(-c2c3ccccc3nn2CCn2ccnc2)n1)c1cccc(OC(F)(F)F)c1. The molecule has 0 aliphatic carbocycles. The van der Waals surface area contributed by atoms with Gasteiger partial charge in [0, 0.05) is 42.7 Å². The molecule has 3 aromatic heterocycles. The summed E-state index contributed by atoms with van der Waals surface area (Å²) in [6, 6.07) is 12.5. The Kier molecular flexibility index (Phi) is 6.23. The van der Waals surface area contributed by atoms with E-state index in [-0.39, 0.29) is 30.1 Å². The van der Waals surface area contributed by atoms with Crippen LogP contribution in [0.2, 0.25) is 0 Å². The minimum atomic E-state index is -4.84. The first kappa shape index (κ1) is 23.3. The number of rotatable bonds is 9. The van der Waals surface area contributed by atoms with Gasteiger partial charge in [0.05, 0.1) is 18.4 Å². The molecule has 0 aliphatic rings. The van der Waals surface area contributed by atoms with Crippen LogP contribution in [-0.2, 0) is 19.5 Å². The fourth-order valence-electron chi connectivity index (χ4n) is 3.78. The third-order valence-corrected chi connectivity index (χ3v) is 5.41. The van der Waals surface area contributed by atoms with Gasteiger partial charge in [0.15, 0.2) is 11.6 Å². The fraction of sp³-hybridized carbons (Fsp3) is 0.208. The zero-order valence-electron chi connectivity index (χ0n) is 18.7. The van der Waals surface area contributed by atoms with E-state index in [1.807, 2.05) is 35.0 Å². The largest absolute Gasteiger partial charge is 0.573 e. The topological polar surface area (TPSA) is 101 Å². The fourth-order valence-corrected chi connectivity index (χ4v) is 3.78. The summed E-state index contributed by atoms with van der Waals surface area (Å²) in [5, 5.41) is 9.49. The monoisotopic (exact) mass is 496 g/mol. The highest BCUT2D eigenvalue weighted by Gasteiger charge is 2.31. The van der Waals surface area contributed by atoms with E-state index in [1.54, 1.807) is 17.2 Å². The van der Waals surface area contributed by atoms with E-state index in [4.69, 9.17) is 4.52 Å². The van der Waals surface area contributed by atoms with Gasteiger partial charge < -0.3 is 13.8 Å². The number of ether oxygens (including phenoxy) is 1. The molecule has 36 heavy (non-hydrogen) atoms. The maximum absolute atomic E-state index is 12.6. The molecule has 184 valence electrons. The van der Waals surface area contributed by atoms with E-state index in [9.17, 15) is 18.0 Å². The van der Waals surface area contributed by atoms with Crippen molar-refractivity contribution in [3.63, 3.8) is 0 Å². The maximum Gasteiger partial charge on any atom is 0.573 e. The lowest BCUT2D eigenvalue weighted by Crippen LogP contribution is -2.17. The second-order valence-electron chi connectivity index (χ2n) is 7.90. The Morgan fingerprint density at radius 3 is 2.75 bits per heavy atom. The van der Waals surface area contributed by atoms with Crippen molar-refractivity contribution >= 4 is 16.7 Å². The van der Waals surface area contributed by atoms with E-state index < -0.39 is 12.1 Å². The second kappa shape index (κ2) is 9.64. The van der Waals surface area contributed by atoms with E-state index in [0.29, 0.717) is 24.6 Å². The van der Waals surface area contributed by atoms with Crippen molar-refractivity contribution in [2.24, 2.45) is 0 Å². The summed E-state index contributed by atoms with van der Waals surface area (Å²) < 4.78 is 50.5. The normalized spacial score (nSPS) is 11.8. The molecule has 0 saturated heterocycles. The number of ketones is 1. The first-order valence-electron chi connectivity index (χ1n) is 11.0. The lowest BCUT2D eigenvalue weighted by Gasteiger charge is -2.09. The Morgan fingerprint density at radius 2 is 1.94 bits per heavy atom. The number of hydrogen-bond acceptors (Lipinski definition) is 7. The quantitative estimate of drug-likeness (QED) is 0.273. The van der Waals surface area contributed by atoms with E-state index in [1.165, 1.54) is 12.1 Å². The lowest BCUT2D eigenvalue weighted by molar-refractivity contribution is -0.274. The van der Waals surface area contributed by atoms with Crippen molar-refractivity contribution in [1.29, 1.82) is 0 Å². The van der Waals surface area contributed by atoms with Crippen molar-refractivity contribution in [3.8, 4) is 17.3 Å². The first-order valence-corrected chi connectivity index (χ1v) is 11.0. The van der Waals surface area contributed by atoms with Crippen LogP contribution in [0.3, 0.4) is 0 Å². The number of benzene rings is 2. The number of aryl methyl sites for hydroxylation is 3. The summed E-state index contributed by atoms with van der Waals surface area (Å²) in [4.78, 5) is 21.1. The number of halogens is 3. The van der Waals surface area contributed by atoms with E-state index >= 15 is 0 Å². The highest BCUT2D eigenvalue weighted by Crippen LogP contribution is 2.28. The molecule has 0 atom stereocenters. The van der Waals surface area contributed by atoms with Crippen LogP contribution in [0.5, 0.6) is 5.75 Å². The van der Waals surface area contributed by atoms with Gasteiger partial charge in [0.25, 0.3) is 5.89 Å². The predicted octanol–water partition coefficient (Wildman–Crippen LogP) is 4.70. The van der Waals surface area contributed by atoms with Gasteiger partial charge in [-0.05, 0) is 18.2 Å². The van der Waals surface area contributed by atoms with Crippen molar-refractivity contribution in [1.82, 2.24) is 29.5 Å². The van der Waals surface area contributed by atoms with Gasteiger partial charge in [0.2, 0.25) is 0 Å². The van der Waals surface area contributed by atoms with Gasteiger partial charge in [-0.3, -0.25) is 9.48 Å². The Bertz CT molecular complexity index is 1490. The van der Waals surface area contributed by atoms with Gasteiger partial charge in [-0.25, -0.2) is 4.98 Å². The second-order valence-corrected chi connectivity index (χ2v) is 7.90. The summed E-state index contributed by atoms with van der Waals surface area (Å²) in [6.07, 6.45) is 0.567. The Labute approximate surface area is 202 Å². The molecule has 9 nitrogen and oxygen atoms in total. The molecular formula is C24H19F3N6O3. The summed E-state index contributed by atoms with van der Waals surface area (Å²) in [5.74, 6) is -0.263. The molecule has 0 radical (unpaired) electrons. The molecule has 0 aliphatic heterocycles. The van der Waals surface area contributed by atoms with Gasteiger partial charge in [-0.2, -0.15) is 10.1 Å². The number of carbonyl (C=O) groups excluding carboxylic acids is 1. The summed E-state index contributed by atoms with van der Waals surface area (Å²) in [7, 11) is 0. The first-order chi connectivity index (χ1) is 17.4. The van der Waals surface area contributed by atoms with Crippen molar-refractivity contribution in [3.05, 3.63) is 78.6 Å². The van der Waals surface area contributed by atoms with Crippen LogP contribution in [-0.4, -0.2) is 41.6 Å². The molecule has 3 heterocycles. The number of carbonyl (C=O) groups is 1. The maximum atomic E-state index is 12.6. The van der Waals surface area contributed by atoms with Crippen LogP contribution in [0.15, 0.2) is 71.8 Å². The third-order valence-electron chi connectivity index (χ3n) is 5.41. The average Bonchev–Trinajstić information content (AvgIpc) is 3.59. The van der Waals surface area contributed by atoms with Crippen LogP contribution < -0.4 is 4.74 Å². The van der Waals surface area contributed by atoms with Gasteiger partial charge >= 0.3 is 6.36 Å². The summed E-state index contributed by atoms with van der Waals surface area (Å²) in [5.41, 5.74) is 1.53. The smallest absolute Gasteiger partial charge is 0.406 e. The standard InChI is InChI=1S/C24H19F3N6O3/c25-24(26,27)35-17-5-3-4-16(14-17)20(34)8-9-21-29-23(36-31-21)22-18-6-1-2-7-19(18)30-33(22)13-12-32-11-10-28-15-32/h1-7,10-11,14-15H,8-9,12-13H2. The number of fused-ring (bicyclic) bond motifs is 1. The zero-order chi connectivity index (χ0) is 25.1. The van der Waals surface area contributed by atoms with Gasteiger partial charge in [-0.1, -0.05) is 35.5 Å². The number of imidazole rings is 1. The molecule has 0 N–H and O–H groups in total. The van der Waals surface area contributed by atoms with Crippen molar-refractivity contribution < 1.29 is 27.2 Å². The number of Topliss-reactive ketones (excluding diaryl/α,β-unsaturated/α-hetero) is 1. The molecule has 0 unspecified atom stereocenters. The molecule has 0 fully saturated rings. The third kappa shape index (κ3) is 5.27. The van der Waals surface area contributed by atoms with Crippen LogP contribution in [0.4, 0.5) is 13.2 Å². The minimum Gasteiger partial charge on any atom is -0.406 e. The highest BCUT2D eigenvalue weighted by molar-refractivity contribution is 5.96. The van der Waals surface area contributed by atoms with Crippen molar-refractivity contribution in [2.45, 2.75) is 32.3 Å². The summed E-state index contributed by atoms with van der Waals surface area (Å²) in [6.45, 7) is 1.17. The Balaban J connectivity index is 1.32. The number of nitrogens with zero attached hydrogens (tertiary/aromatic N) is 6. The predicted molar refractivity (Wildman–Crippen MR) is 121 cm³/mol. The van der Waals surface area contributed by atoms with Crippen LogP contribution in [0.1, 0.15) is 22.6 Å². The van der Waals surface area contributed by atoms with Crippen molar-refractivity contribution in [2.75, 3.05) is 0 Å². The molecule has 5 aromatic rings. The van der Waals surface area contributed by atoms with E-state index in [0.717, 1.165) is 23.0 Å². The molecule has 0 bridgehead atoms. The van der Waals surface area contributed by atoms with Crippen LogP contribution in [0.25, 0.3) is 22.5 Å².